The van der Waals surface area contributed by atoms with Gasteiger partial charge in [0.15, 0.2) is 11.6 Å². The Morgan fingerprint density at radius 1 is 0.698 bits per heavy atom. The van der Waals surface area contributed by atoms with Crippen LogP contribution in [-0.2, 0) is 14.3 Å². The van der Waals surface area contributed by atoms with Crippen molar-refractivity contribution in [1.29, 1.82) is 0 Å². The van der Waals surface area contributed by atoms with E-state index < -0.39 is 64.1 Å². The quantitative estimate of drug-likeness (QED) is 0.0664. The molecule has 0 aliphatic heterocycles. The summed E-state index contributed by atoms with van der Waals surface area (Å²) in [6, 6.07) is 22.4. The second kappa shape index (κ2) is 17.1. The third-order valence-electron chi connectivity index (χ3n) is 6.91. The first-order valence-electron chi connectivity index (χ1n) is 16.3. The van der Waals surface area contributed by atoms with Crippen molar-refractivity contribution in [3.63, 3.8) is 0 Å². The summed E-state index contributed by atoms with van der Waals surface area (Å²) >= 11 is 1.09. The van der Waals surface area contributed by atoms with E-state index in [2.05, 4.69) is 16.0 Å². The normalized spacial score (nSPS) is 12.4. The third kappa shape index (κ3) is 12.4. The summed E-state index contributed by atoms with van der Waals surface area (Å²) in [5.41, 5.74) is -0.325. The van der Waals surface area contributed by atoms with E-state index in [9.17, 15) is 29.1 Å². The first-order valence-corrected chi connectivity index (χ1v) is 17.2. The van der Waals surface area contributed by atoms with E-state index in [4.69, 9.17) is 14.2 Å². The fourth-order valence-corrected chi connectivity index (χ4v) is 5.85. The monoisotopic (exact) mass is 745 g/mol. The Bertz CT molecular complexity index is 1940. The number of benzene rings is 4. The Labute approximate surface area is 310 Å². The molecule has 4 rings (SSSR count). The molecule has 0 saturated heterocycles. The number of carbonyl (C=O) groups is 5. The summed E-state index contributed by atoms with van der Waals surface area (Å²) in [7, 11) is 0. The molecule has 0 bridgehead atoms. The maximum atomic E-state index is 15.6. The van der Waals surface area contributed by atoms with Crippen LogP contribution < -0.4 is 20.7 Å². The Hall–Kier alpha value is -5.89. The molecule has 12 nitrogen and oxygen atoms in total. The number of carboxylic acid groups (broad SMARTS) is 1. The molecule has 0 saturated carbocycles. The van der Waals surface area contributed by atoms with Crippen LogP contribution >= 0.6 is 11.8 Å². The number of halogens is 1. The zero-order chi connectivity index (χ0) is 38.9. The predicted octanol–water partition coefficient (Wildman–Crippen LogP) is 8.46. The van der Waals surface area contributed by atoms with Crippen molar-refractivity contribution in [3.05, 3.63) is 120 Å². The van der Waals surface area contributed by atoms with Gasteiger partial charge in [0.25, 0.3) is 5.91 Å². The molecular weight excluding hydrogens is 706 g/mol. The van der Waals surface area contributed by atoms with Crippen molar-refractivity contribution in [1.82, 2.24) is 5.32 Å². The number of carbonyl (C=O) groups excluding carboxylic acids is 4. The molecule has 278 valence electrons. The van der Waals surface area contributed by atoms with Gasteiger partial charge in [-0.15, -0.1) is 11.8 Å². The van der Waals surface area contributed by atoms with Crippen LogP contribution in [0.5, 0.6) is 5.75 Å². The van der Waals surface area contributed by atoms with E-state index in [0.29, 0.717) is 16.3 Å². The number of aliphatic carboxylic acids is 1. The lowest BCUT2D eigenvalue weighted by atomic mass is 10.0. The minimum atomic E-state index is -1.55. The number of hydrogen-bond acceptors (Lipinski definition) is 9. The summed E-state index contributed by atoms with van der Waals surface area (Å²) in [5.74, 6) is -4.33. The van der Waals surface area contributed by atoms with E-state index in [1.807, 2.05) is 0 Å². The number of rotatable bonds is 11. The van der Waals surface area contributed by atoms with Crippen LogP contribution in [0.1, 0.15) is 73.1 Å². The first-order chi connectivity index (χ1) is 24.9. The average Bonchev–Trinajstić information content (AvgIpc) is 3.06. The SMILES string of the molecule is CC(C)(C)OC(=O)Nc1ccc(C(=O)NC(C(=O)O)C(Sc2ccccc2)c2ccc(OC(=O)c3ccc(NC(=O)OC(C)(C)C)cc3)c(F)c2)cc1. The minimum Gasteiger partial charge on any atom is -0.480 e. The van der Waals surface area contributed by atoms with Crippen molar-refractivity contribution in [2.75, 3.05) is 10.6 Å². The van der Waals surface area contributed by atoms with Crippen LogP contribution in [0, 0.1) is 5.82 Å². The van der Waals surface area contributed by atoms with Gasteiger partial charge in [0.2, 0.25) is 0 Å². The molecule has 0 aliphatic rings. The molecule has 2 atom stereocenters. The van der Waals surface area contributed by atoms with Gasteiger partial charge in [0.1, 0.15) is 17.2 Å². The summed E-state index contributed by atoms with van der Waals surface area (Å²) in [5, 5.41) is 16.9. The fraction of sp³-hybridized carbons (Fsp3) is 0.256. The van der Waals surface area contributed by atoms with Crippen molar-refractivity contribution in [2.45, 2.75) is 68.9 Å². The van der Waals surface area contributed by atoms with Crippen LogP contribution in [-0.4, -0.2) is 52.4 Å². The number of thioether (sulfide) groups is 1. The summed E-state index contributed by atoms with van der Waals surface area (Å²) in [6.45, 7) is 10.3. The maximum absolute atomic E-state index is 15.6. The lowest BCUT2D eigenvalue weighted by molar-refractivity contribution is -0.139. The number of carboxylic acids is 1. The highest BCUT2D eigenvalue weighted by Crippen LogP contribution is 2.39. The number of hydrogen-bond donors (Lipinski definition) is 4. The molecule has 0 aromatic heterocycles. The van der Waals surface area contributed by atoms with Crippen molar-refractivity contribution >= 4 is 53.2 Å². The van der Waals surface area contributed by atoms with Gasteiger partial charge in [-0.05, 0) is 120 Å². The van der Waals surface area contributed by atoms with Crippen molar-refractivity contribution < 1.29 is 47.7 Å². The van der Waals surface area contributed by atoms with Crippen LogP contribution in [0.4, 0.5) is 25.4 Å². The molecule has 53 heavy (non-hydrogen) atoms. The molecule has 0 fully saturated rings. The summed E-state index contributed by atoms with van der Waals surface area (Å²) < 4.78 is 31.3. The second-order valence-electron chi connectivity index (χ2n) is 13.6. The van der Waals surface area contributed by atoms with Gasteiger partial charge in [0, 0.05) is 21.8 Å². The molecular formula is C39H40FN3O9S. The smallest absolute Gasteiger partial charge is 0.412 e. The lowest BCUT2D eigenvalue weighted by Crippen LogP contribution is -2.44. The minimum absolute atomic E-state index is 0.0723. The molecule has 2 unspecified atom stereocenters. The lowest BCUT2D eigenvalue weighted by Gasteiger charge is -2.25. The molecule has 0 aliphatic carbocycles. The third-order valence-corrected chi connectivity index (χ3v) is 8.25. The topological polar surface area (TPSA) is 169 Å². The van der Waals surface area contributed by atoms with Gasteiger partial charge >= 0.3 is 24.1 Å². The van der Waals surface area contributed by atoms with E-state index in [-0.39, 0.29) is 16.7 Å². The van der Waals surface area contributed by atoms with Gasteiger partial charge in [-0.25, -0.2) is 23.6 Å². The summed E-state index contributed by atoms with van der Waals surface area (Å²) in [6.07, 6.45) is -1.36. The van der Waals surface area contributed by atoms with Gasteiger partial charge in [0.05, 0.1) is 10.8 Å². The Kier molecular flexibility index (Phi) is 12.9. The van der Waals surface area contributed by atoms with Crippen LogP contribution in [0.2, 0.25) is 0 Å². The summed E-state index contributed by atoms with van der Waals surface area (Å²) in [4.78, 5) is 63.7. The second-order valence-corrected chi connectivity index (χ2v) is 14.8. The van der Waals surface area contributed by atoms with E-state index in [0.717, 1.165) is 17.8 Å². The Morgan fingerprint density at radius 2 is 1.21 bits per heavy atom. The van der Waals surface area contributed by atoms with Crippen LogP contribution in [0.15, 0.2) is 102 Å². The first kappa shape index (κ1) is 39.9. The molecule has 3 amide bonds. The zero-order valence-corrected chi connectivity index (χ0v) is 30.7. The van der Waals surface area contributed by atoms with Crippen molar-refractivity contribution in [3.8, 4) is 5.75 Å². The number of amides is 3. The molecule has 0 radical (unpaired) electrons. The van der Waals surface area contributed by atoms with Gasteiger partial charge < -0.3 is 24.6 Å². The number of esters is 1. The van der Waals surface area contributed by atoms with Crippen LogP contribution in [0.25, 0.3) is 0 Å². The molecule has 4 aromatic rings. The molecule has 14 heteroatoms. The molecule has 4 N–H and O–H groups in total. The fourth-order valence-electron chi connectivity index (χ4n) is 4.64. The Balaban J connectivity index is 1.51. The highest BCUT2D eigenvalue weighted by molar-refractivity contribution is 7.99. The highest BCUT2D eigenvalue weighted by atomic mass is 32.2. The van der Waals surface area contributed by atoms with Gasteiger partial charge in [-0.1, -0.05) is 24.3 Å². The number of anilines is 2. The maximum Gasteiger partial charge on any atom is 0.412 e. The van der Waals surface area contributed by atoms with Crippen LogP contribution in [0.3, 0.4) is 0 Å². The average molecular weight is 746 g/mol. The number of nitrogens with one attached hydrogen (secondary N) is 3. The Morgan fingerprint density at radius 3 is 1.68 bits per heavy atom. The van der Waals surface area contributed by atoms with Crippen molar-refractivity contribution in [2.24, 2.45) is 0 Å². The van der Waals surface area contributed by atoms with Gasteiger partial charge in [-0.3, -0.25) is 15.4 Å². The predicted molar refractivity (Wildman–Crippen MR) is 198 cm³/mol. The molecule has 4 aromatic carbocycles. The molecule has 0 spiro atoms. The van der Waals surface area contributed by atoms with Gasteiger partial charge in [-0.2, -0.15) is 0 Å². The van der Waals surface area contributed by atoms with E-state index in [1.54, 1.807) is 71.9 Å². The number of ether oxygens (including phenoxy) is 3. The standard InChI is InChI=1S/C39H40FN3O9S/c1-38(2,3)51-36(48)41-26-17-12-23(13-18-26)33(44)43-31(34(45)46)32(53-28-10-8-7-9-11-28)25-16-21-30(29(40)22-25)50-35(47)24-14-19-27(20-15-24)42-37(49)52-39(4,5)6/h7-22,31-32H,1-6H3,(H,41,48)(H,42,49)(H,43,44)(H,45,46). The highest BCUT2D eigenvalue weighted by Gasteiger charge is 2.33. The molecule has 0 heterocycles. The van der Waals surface area contributed by atoms with E-state index >= 15 is 4.39 Å². The largest absolute Gasteiger partial charge is 0.480 e. The zero-order valence-electron chi connectivity index (χ0n) is 29.9. The van der Waals surface area contributed by atoms with E-state index in [1.165, 1.54) is 60.7 Å².